The molecule has 0 spiro atoms. The van der Waals surface area contributed by atoms with Crippen molar-refractivity contribution < 1.29 is 9.53 Å². The monoisotopic (exact) mass is 553 g/mol. The summed E-state index contributed by atoms with van der Waals surface area (Å²) in [5, 5.41) is 8.72. The smallest absolute Gasteiger partial charge is 0.253 e. The van der Waals surface area contributed by atoms with Crippen molar-refractivity contribution in [3.8, 4) is 22.5 Å². The Hall–Kier alpha value is -3.89. The summed E-state index contributed by atoms with van der Waals surface area (Å²) in [6, 6.07) is 18.0. The minimum atomic E-state index is 0.106. The van der Waals surface area contributed by atoms with Crippen LogP contribution in [0.3, 0.4) is 0 Å². The van der Waals surface area contributed by atoms with Crippen molar-refractivity contribution in [3.05, 3.63) is 54.1 Å². The Labute approximate surface area is 240 Å². The van der Waals surface area contributed by atoms with E-state index in [0.29, 0.717) is 37.1 Å². The van der Waals surface area contributed by atoms with Gasteiger partial charge in [0.2, 0.25) is 0 Å². The molecule has 2 saturated heterocycles. The van der Waals surface area contributed by atoms with Gasteiger partial charge in [0.25, 0.3) is 5.91 Å². The Balaban J connectivity index is 1.22. The number of morpholine rings is 1. The first-order chi connectivity index (χ1) is 19.9. The molecule has 41 heavy (non-hydrogen) atoms. The lowest BCUT2D eigenvalue weighted by Gasteiger charge is -2.35. The summed E-state index contributed by atoms with van der Waals surface area (Å²) in [5.74, 6) is 1.48. The Morgan fingerprint density at radius 2 is 1.80 bits per heavy atom. The van der Waals surface area contributed by atoms with Gasteiger partial charge in [-0.1, -0.05) is 23.4 Å². The molecule has 6 rings (SSSR count). The molecule has 2 fully saturated rings. The standard InChI is InChI=1S/C31H37N8O2/c1-5-39-30-27(34-35-39)29(38-18-19-41-20-21(38)2)32-28(33-30)24-10-6-22(7-11-24)23-8-12-25(13-9-23)31(40)37-16-14-26(15-17-37)36(3)4/h6-10,12-13,21,26H,5,14-20H2,1-4H3/t21-/m0/s1. The first-order valence-electron chi connectivity index (χ1n) is 14.5. The van der Waals surface area contributed by atoms with Gasteiger partial charge in [0.05, 0.1) is 19.3 Å². The number of likely N-dealkylation sites (tertiary alicyclic amines) is 1. The van der Waals surface area contributed by atoms with Gasteiger partial charge in [0.1, 0.15) is 0 Å². The minimum Gasteiger partial charge on any atom is -0.377 e. The fraction of sp³-hybridized carbons (Fsp3) is 0.452. The Morgan fingerprint density at radius 1 is 1.05 bits per heavy atom. The summed E-state index contributed by atoms with van der Waals surface area (Å²) >= 11 is 0. The van der Waals surface area contributed by atoms with Crippen molar-refractivity contribution in [1.29, 1.82) is 0 Å². The van der Waals surface area contributed by atoms with Crippen LogP contribution in [-0.2, 0) is 11.3 Å². The Kier molecular flexibility index (Phi) is 7.68. The van der Waals surface area contributed by atoms with E-state index in [1.165, 1.54) is 0 Å². The maximum atomic E-state index is 13.1. The van der Waals surface area contributed by atoms with Crippen LogP contribution in [0, 0.1) is 6.07 Å². The maximum absolute atomic E-state index is 13.1. The number of fused-ring (bicyclic) bond motifs is 1. The molecule has 2 aliphatic rings. The highest BCUT2D eigenvalue weighted by Crippen LogP contribution is 2.30. The van der Waals surface area contributed by atoms with Crippen molar-refractivity contribution in [2.45, 2.75) is 45.3 Å². The number of benzene rings is 2. The van der Waals surface area contributed by atoms with Crippen molar-refractivity contribution in [1.82, 2.24) is 34.8 Å². The fourth-order valence-corrected chi connectivity index (χ4v) is 5.73. The van der Waals surface area contributed by atoms with Crippen LogP contribution in [0.5, 0.6) is 0 Å². The Morgan fingerprint density at radius 3 is 2.46 bits per heavy atom. The van der Waals surface area contributed by atoms with Gasteiger partial charge >= 0.3 is 0 Å². The molecule has 2 aliphatic heterocycles. The Bertz CT molecular complexity index is 1510. The van der Waals surface area contributed by atoms with Gasteiger partial charge in [-0.05, 0) is 82.2 Å². The van der Waals surface area contributed by atoms with Gasteiger partial charge in [0, 0.05) is 43.3 Å². The van der Waals surface area contributed by atoms with Crippen LogP contribution in [0.15, 0.2) is 42.5 Å². The largest absolute Gasteiger partial charge is 0.377 e. The molecule has 10 nitrogen and oxygen atoms in total. The first kappa shape index (κ1) is 27.3. The number of anilines is 1. The lowest BCUT2D eigenvalue weighted by atomic mass is 10.0. The van der Waals surface area contributed by atoms with E-state index in [1.54, 1.807) is 4.68 Å². The molecule has 2 aromatic carbocycles. The number of hydrogen-bond donors (Lipinski definition) is 0. The van der Waals surface area contributed by atoms with Crippen molar-refractivity contribution in [3.63, 3.8) is 0 Å². The van der Waals surface area contributed by atoms with Crippen LogP contribution in [-0.4, -0.2) is 99.7 Å². The molecule has 0 saturated carbocycles. The number of rotatable bonds is 6. The van der Waals surface area contributed by atoms with E-state index in [9.17, 15) is 4.79 Å². The number of aryl methyl sites for hydroxylation is 1. The number of amides is 1. The van der Waals surface area contributed by atoms with E-state index >= 15 is 0 Å². The van der Waals surface area contributed by atoms with E-state index in [0.717, 1.165) is 66.2 Å². The van der Waals surface area contributed by atoms with E-state index in [2.05, 4.69) is 53.3 Å². The van der Waals surface area contributed by atoms with Gasteiger partial charge in [-0.2, -0.15) is 0 Å². The second-order valence-electron chi connectivity index (χ2n) is 11.1. The van der Waals surface area contributed by atoms with Crippen LogP contribution in [0.25, 0.3) is 33.7 Å². The SMILES string of the molecule is CCn1nnc2c(N3CCOC[C@@H]3C)nc(-c3[c]cc(-c4ccc(C(=O)N5CCC(N(C)C)CC5)cc4)cc3)nc21. The molecule has 1 radical (unpaired) electrons. The molecule has 0 N–H and O–H groups in total. The first-order valence-corrected chi connectivity index (χ1v) is 14.5. The second-order valence-corrected chi connectivity index (χ2v) is 11.1. The fourth-order valence-electron chi connectivity index (χ4n) is 5.73. The van der Waals surface area contributed by atoms with E-state index in [-0.39, 0.29) is 11.9 Å². The topological polar surface area (TPSA) is 92.5 Å². The lowest BCUT2D eigenvalue weighted by molar-refractivity contribution is 0.0663. The number of nitrogens with zero attached hydrogens (tertiary/aromatic N) is 8. The summed E-state index contributed by atoms with van der Waals surface area (Å²) in [6.45, 7) is 8.45. The molecule has 1 atom stereocenters. The van der Waals surface area contributed by atoms with Crippen LogP contribution >= 0.6 is 0 Å². The summed E-state index contributed by atoms with van der Waals surface area (Å²) < 4.78 is 7.45. The van der Waals surface area contributed by atoms with Crippen LogP contribution < -0.4 is 4.90 Å². The van der Waals surface area contributed by atoms with Crippen molar-refractivity contribution in [2.75, 3.05) is 51.8 Å². The summed E-state index contributed by atoms with van der Waals surface area (Å²) in [7, 11) is 4.22. The molecule has 2 aromatic heterocycles. The number of carbonyl (C=O) groups excluding carboxylic acids is 1. The third-order valence-electron chi connectivity index (χ3n) is 8.28. The predicted octanol–water partition coefficient (Wildman–Crippen LogP) is 3.77. The molecule has 0 unspecified atom stereocenters. The van der Waals surface area contributed by atoms with Crippen molar-refractivity contribution >= 4 is 22.9 Å². The normalized spacial score (nSPS) is 18.4. The summed E-state index contributed by atoms with van der Waals surface area (Å²) in [4.78, 5) is 29.3. The second kappa shape index (κ2) is 11.5. The molecule has 0 aliphatic carbocycles. The molecule has 0 bridgehead atoms. The quantitative estimate of drug-likeness (QED) is 0.356. The van der Waals surface area contributed by atoms with Crippen LogP contribution in [0.1, 0.15) is 37.0 Å². The number of carbonyl (C=O) groups is 1. The van der Waals surface area contributed by atoms with Crippen LogP contribution in [0.2, 0.25) is 0 Å². The van der Waals surface area contributed by atoms with E-state index in [4.69, 9.17) is 14.7 Å². The third-order valence-corrected chi connectivity index (χ3v) is 8.28. The molecule has 4 aromatic rings. The zero-order chi connectivity index (χ0) is 28.5. The average molecular weight is 554 g/mol. The molecule has 10 heteroatoms. The molecule has 1 amide bonds. The van der Waals surface area contributed by atoms with Gasteiger partial charge in [0.15, 0.2) is 22.8 Å². The van der Waals surface area contributed by atoms with Gasteiger partial charge in [-0.15, -0.1) is 5.10 Å². The summed E-state index contributed by atoms with van der Waals surface area (Å²) in [5.41, 5.74) is 5.00. The predicted molar refractivity (Wildman–Crippen MR) is 159 cm³/mol. The third kappa shape index (κ3) is 5.41. The number of hydrogen-bond acceptors (Lipinski definition) is 8. The zero-order valence-corrected chi connectivity index (χ0v) is 24.2. The molecule has 213 valence electrons. The zero-order valence-electron chi connectivity index (χ0n) is 24.2. The lowest BCUT2D eigenvalue weighted by Crippen LogP contribution is -2.44. The highest BCUT2D eigenvalue weighted by Gasteiger charge is 2.27. The average Bonchev–Trinajstić information content (AvgIpc) is 3.44. The number of ether oxygens (including phenoxy) is 1. The molecular weight excluding hydrogens is 516 g/mol. The van der Waals surface area contributed by atoms with Crippen LogP contribution in [0.4, 0.5) is 5.82 Å². The highest BCUT2D eigenvalue weighted by atomic mass is 16.5. The number of piperidine rings is 1. The summed E-state index contributed by atoms with van der Waals surface area (Å²) in [6.07, 6.45) is 2.03. The number of aromatic nitrogens is 5. The van der Waals surface area contributed by atoms with E-state index in [1.807, 2.05) is 48.2 Å². The van der Waals surface area contributed by atoms with Gasteiger partial charge in [-0.25, -0.2) is 14.6 Å². The minimum absolute atomic E-state index is 0.106. The maximum Gasteiger partial charge on any atom is 0.253 e. The van der Waals surface area contributed by atoms with Crippen molar-refractivity contribution in [2.24, 2.45) is 0 Å². The highest BCUT2D eigenvalue weighted by molar-refractivity contribution is 5.95. The van der Waals surface area contributed by atoms with E-state index < -0.39 is 0 Å². The molecular formula is C31H37N8O2. The molecule has 4 heterocycles. The van der Waals surface area contributed by atoms with Gasteiger partial charge < -0.3 is 19.4 Å². The van der Waals surface area contributed by atoms with Gasteiger partial charge in [-0.3, -0.25) is 4.79 Å².